The van der Waals surface area contributed by atoms with Gasteiger partial charge in [-0.1, -0.05) is 0 Å². The van der Waals surface area contributed by atoms with E-state index in [1.165, 1.54) is 54.1 Å². The number of imidazole rings is 1. The molecule has 0 aliphatic rings. The van der Waals surface area contributed by atoms with E-state index in [1.807, 2.05) is 0 Å². The number of halogens is 1. The van der Waals surface area contributed by atoms with Crippen molar-refractivity contribution in [2.24, 2.45) is 0 Å². The predicted molar refractivity (Wildman–Crippen MR) is 130 cm³/mol. The Kier molecular flexibility index (Phi) is 7.58. The van der Waals surface area contributed by atoms with Crippen molar-refractivity contribution in [2.45, 2.75) is 80.7 Å². The topological polar surface area (TPSA) is 9.86 Å². The molecule has 0 saturated carbocycles. The van der Waals surface area contributed by atoms with Gasteiger partial charge in [-0.15, -0.1) is 0 Å². The van der Waals surface area contributed by atoms with Gasteiger partial charge in [0.25, 0.3) is 0 Å². The maximum absolute atomic E-state index is 6.70. The summed E-state index contributed by atoms with van der Waals surface area (Å²) in [6, 6.07) is 11.3. The third-order valence-corrected chi connectivity index (χ3v) is 7.99. The third kappa shape index (κ3) is 4.59. The number of hydrogen-bond acceptors (Lipinski definition) is 0. The minimum atomic E-state index is 0.169. The van der Waals surface area contributed by atoms with E-state index in [-0.39, 0.29) is 18.2 Å². The second kappa shape index (κ2) is 9.67. The zero-order chi connectivity index (χ0) is 23.0. The summed E-state index contributed by atoms with van der Waals surface area (Å²) in [6.45, 7) is 21.1. The fraction of sp³-hybridized carbons (Fsp3) is 0.444. The quantitative estimate of drug-likeness (QED) is 0.296. The van der Waals surface area contributed by atoms with Crippen LogP contribution < -0.4 is 0 Å². The fourth-order valence-electron chi connectivity index (χ4n) is 4.60. The molecule has 0 aliphatic heterocycles. The zero-order valence-electron chi connectivity index (χ0n) is 20.3. The monoisotopic (exact) mass is 530 g/mol. The fourth-order valence-corrected chi connectivity index (χ4v) is 6.32. The molecule has 0 aliphatic carbocycles. The van der Waals surface area contributed by atoms with Crippen molar-refractivity contribution >= 4 is 9.19 Å². The predicted octanol–water partition coefficient (Wildman–Crippen LogP) is 7.88. The Balaban J connectivity index is 2.33. The SMILES string of the molecule is Cc1cc(C)c(Cn2c(C)c(C)n(-c3c(C(C)C)cccc3C(C)C)[c]2=[Ag-2][Cl])c(C)c1. The van der Waals surface area contributed by atoms with E-state index in [2.05, 4.69) is 102 Å². The van der Waals surface area contributed by atoms with E-state index < -0.39 is 0 Å². The average molecular weight is 532 g/mol. The Morgan fingerprint density at radius 3 is 1.81 bits per heavy atom. The van der Waals surface area contributed by atoms with Crippen LogP contribution in [0, 0.1) is 38.2 Å². The van der Waals surface area contributed by atoms with Crippen molar-refractivity contribution in [2.75, 3.05) is 0 Å². The molecule has 0 saturated heterocycles. The first-order chi connectivity index (χ1) is 14.6. The summed E-state index contributed by atoms with van der Waals surface area (Å²) in [5.74, 6) is 0.884. The molecule has 0 unspecified atom stereocenters. The molecule has 0 N–H and O–H groups in total. The summed E-state index contributed by atoms with van der Waals surface area (Å²) >= 11 is 0.169. The summed E-state index contributed by atoms with van der Waals surface area (Å²) < 4.78 is 6.08. The summed E-state index contributed by atoms with van der Waals surface area (Å²) in [6.07, 6.45) is 0. The molecule has 0 bridgehead atoms. The van der Waals surface area contributed by atoms with Crippen LogP contribution in [0.1, 0.15) is 84.3 Å². The summed E-state index contributed by atoms with van der Waals surface area (Å²) in [7, 11) is 6.70. The van der Waals surface area contributed by atoms with Gasteiger partial charge in [0.1, 0.15) is 0 Å². The van der Waals surface area contributed by atoms with E-state index in [4.69, 9.17) is 9.19 Å². The van der Waals surface area contributed by atoms with Crippen molar-refractivity contribution < 1.29 is 18.2 Å². The molecular weight excluding hydrogens is 496 g/mol. The Morgan fingerprint density at radius 2 is 1.35 bits per heavy atom. The normalized spacial score (nSPS) is 13.0. The van der Waals surface area contributed by atoms with Crippen LogP contribution in [0.25, 0.3) is 5.69 Å². The molecule has 0 spiro atoms. The maximum atomic E-state index is 6.70. The Bertz CT molecular complexity index is 1130. The number of para-hydroxylation sites is 1. The molecule has 3 aromatic rings. The second-order valence-corrected chi connectivity index (χ2v) is 11.0. The van der Waals surface area contributed by atoms with E-state index in [1.54, 1.807) is 0 Å². The Hall–Kier alpha value is -1.32. The molecule has 1 aromatic heterocycles. The molecular formula is C27H36AgClN2-2. The molecule has 0 atom stereocenters. The number of rotatable bonds is 5. The molecule has 1 heterocycles. The first-order valence-corrected chi connectivity index (χ1v) is 13.7. The number of nitrogens with zero attached hydrogens (tertiary/aromatic N) is 2. The molecule has 4 heteroatoms. The van der Waals surface area contributed by atoms with Gasteiger partial charge in [0.15, 0.2) is 0 Å². The zero-order valence-corrected chi connectivity index (χ0v) is 22.6. The first kappa shape index (κ1) is 24.3. The van der Waals surface area contributed by atoms with Gasteiger partial charge in [-0.05, 0) is 0 Å². The average Bonchev–Trinajstić information content (AvgIpc) is 2.93. The molecule has 2 nitrogen and oxygen atoms in total. The van der Waals surface area contributed by atoms with Gasteiger partial charge in [0, 0.05) is 0 Å². The number of hydrogen-bond donors (Lipinski definition) is 0. The molecule has 31 heavy (non-hydrogen) atoms. The van der Waals surface area contributed by atoms with Crippen molar-refractivity contribution in [3.63, 3.8) is 0 Å². The van der Waals surface area contributed by atoms with Gasteiger partial charge in [-0.3, -0.25) is 0 Å². The third-order valence-electron chi connectivity index (χ3n) is 6.41. The van der Waals surface area contributed by atoms with Gasteiger partial charge >= 0.3 is 202 Å². The summed E-state index contributed by atoms with van der Waals surface area (Å²) in [5, 5.41) is 0. The van der Waals surface area contributed by atoms with Crippen molar-refractivity contribution in [3.8, 4) is 5.69 Å². The van der Waals surface area contributed by atoms with Crippen LogP contribution in [-0.4, -0.2) is 9.13 Å². The van der Waals surface area contributed by atoms with Crippen LogP contribution in [0.4, 0.5) is 0 Å². The molecule has 0 radical (unpaired) electrons. The van der Waals surface area contributed by atoms with Crippen LogP contribution in [0.3, 0.4) is 0 Å². The molecule has 174 valence electrons. The van der Waals surface area contributed by atoms with E-state index in [0.717, 1.165) is 6.54 Å². The van der Waals surface area contributed by atoms with E-state index in [0.29, 0.717) is 11.8 Å². The Labute approximate surface area is 200 Å². The van der Waals surface area contributed by atoms with E-state index in [9.17, 15) is 0 Å². The van der Waals surface area contributed by atoms with E-state index >= 15 is 0 Å². The first-order valence-electron chi connectivity index (χ1n) is 11.1. The molecule has 3 rings (SSSR count). The molecule has 0 amide bonds. The van der Waals surface area contributed by atoms with Gasteiger partial charge in [0.05, 0.1) is 0 Å². The summed E-state index contributed by atoms with van der Waals surface area (Å²) in [5.41, 5.74) is 12.1. The standard InChI is InChI=1S/C27H36N2.Ag.ClH/c1-17(2)24-11-10-12-25(18(3)4)27(24)29-16-28(22(8)23(29)9)15-26-20(6)13-19(5)14-21(26)7;;/h10-14,17-18H,15H2,1-9H3;;1H/q;-1;/p-1. The van der Waals surface area contributed by atoms with Gasteiger partial charge in [0.2, 0.25) is 0 Å². The number of aryl methyl sites for hydroxylation is 3. The van der Waals surface area contributed by atoms with Gasteiger partial charge in [-0.25, -0.2) is 0 Å². The summed E-state index contributed by atoms with van der Waals surface area (Å²) in [4.78, 5) is 0. The van der Waals surface area contributed by atoms with Crippen LogP contribution in [0.15, 0.2) is 30.3 Å². The Morgan fingerprint density at radius 1 is 0.839 bits per heavy atom. The van der Waals surface area contributed by atoms with Crippen molar-refractivity contribution in [1.82, 2.24) is 9.13 Å². The van der Waals surface area contributed by atoms with Crippen molar-refractivity contribution in [1.29, 1.82) is 0 Å². The van der Waals surface area contributed by atoms with Gasteiger partial charge < -0.3 is 0 Å². The van der Waals surface area contributed by atoms with Crippen molar-refractivity contribution in [3.05, 3.63) is 78.7 Å². The molecule has 0 fully saturated rings. The van der Waals surface area contributed by atoms with Crippen LogP contribution >= 0.6 is 9.19 Å². The minimum absolute atomic E-state index is 0.169. The van der Waals surface area contributed by atoms with Crippen LogP contribution in [0.5, 0.6) is 0 Å². The van der Waals surface area contributed by atoms with Crippen LogP contribution in [-0.2, 0) is 24.8 Å². The van der Waals surface area contributed by atoms with Gasteiger partial charge in [-0.2, -0.15) is 0 Å². The van der Waals surface area contributed by atoms with Crippen LogP contribution in [0.2, 0.25) is 0 Å². The molecule has 2 aromatic carbocycles. The second-order valence-electron chi connectivity index (χ2n) is 9.36. The number of aromatic nitrogens is 2. The number of benzene rings is 2.